The van der Waals surface area contributed by atoms with Crippen molar-refractivity contribution < 1.29 is 9.21 Å². The molecule has 140 valence electrons. The first-order chi connectivity index (χ1) is 13.3. The fourth-order valence-electron chi connectivity index (χ4n) is 4.01. The molecule has 1 amide bonds. The first-order valence-electron chi connectivity index (χ1n) is 9.82. The number of nitrogens with zero attached hydrogens (tertiary/aromatic N) is 1. The third-order valence-corrected chi connectivity index (χ3v) is 5.43. The van der Waals surface area contributed by atoms with Crippen molar-refractivity contribution in [2.45, 2.75) is 31.7 Å². The van der Waals surface area contributed by atoms with Crippen LogP contribution < -0.4 is 5.32 Å². The topological polar surface area (TPSA) is 45.5 Å². The van der Waals surface area contributed by atoms with Crippen molar-refractivity contribution in [1.29, 1.82) is 0 Å². The van der Waals surface area contributed by atoms with Gasteiger partial charge in [-0.15, -0.1) is 0 Å². The Balaban J connectivity index is 1.43. The summed E-state index contributed by atoms with van der Waals surface area (Å²) in [5.74, 6) is 0.988. The van der Waals surface area contributed by atoms with Crippen LogP contribution in [0.4, 0.5) is 0 Å². The third-order valence-electron chi connectivity index (χ3n) is 5.43. The number of benzene rings is 2. The first kappa shape index (κ1) is 17.8. The molecule has 1 N–H and O–H groups in total. The number of likely N-dealkylation sites (tertiary alicyclic amines) is 1. The molecule has 1 unspecified atom stereocenters. The summed E-state index contributed by atoms with van der Waals surface area (Å²) in [4.78, 5) is 15.1. The summed E-state index contributed by atoms with van der Waals surface area (Å²) < 4.78 is 5.66. The van der Waals surface area contributed by atoms with Gasteiger partial charge in [-0.25, -0.2) is 0 Å². The number of rotatable bonds is 6. The van der Waals surface area contributed by atoms with Gasteiger partial charge in [0, 0.05) is 6.54 Å². The number of carbonyl (C=O) groups excluding carboxylic acids is 1. The molecule has 4 nitrogen and oxygen atoms in total. The van der Waals surface area contributed by atoms with Crippen LogP contribution in [0.1, 0.15) is 36.6 Å². The lowest BCUT2D eigenvalue weighted by Crippen LogP contribution is -2.40. The fourth-order valence-corrected chi connectivity index (χ4v) is 4.01. The second kappa shape index (κ2) is 8.40. The molecular weight excluding hydrogens is 336 g/mol. The standard InChI is InChI=1S/C23H26N2O2/c26-23(16-19-10-6-9-18-8-2-3-11-20(18)19)24-17-21(22-12-7-15-27-22)25-13-4-1-5-14-25/h2-3,6-12,15,21H,1,4-5,13-14,16-17H2,(H,24,26). The molecule has 0 bridgehead atoms. The lowest BCUT2D eigenvalue weighted by Gasteiger charge is -2.33. The van der Waals surface area contributed by atoms with Gasteiger partial charge in [-0.2, -0.15) is 0 Å². The minimum Gasteiger partial charge on any atom is -0.468 e. The zero-order valence-electron chi connectivity index (χ0n) is 15.6. The van der Waals surface area contributed by atoms with E-state index in [0.717, 1.165) is 29.8 Å². The van der Waals surface area contributed by atoms with Gasteiger partial charge in [0.25, 0.3) is 0 Å². The molecule has 0 saturated carbocycles. The maximum absolute atomic E-state index is 12.7. The summed E-state index contributed by atoms with van der Waals surface area (Å²) in [5, 5.41) is 5.46. The van der Waals surface area contributed by atoms with Crippen LogP contribution in [-0.2, 0) is 11.2 Å². The quantitative estimate of drug-likeness (QED) is 0.710. The van der Waals surface area contributed by atoms with Crippen LogP contribution in [0.2, 0.25) is 0 Å². The summed E-state index contributed by atoms with van der Waals surface area (Å²) in [6.45, 7) is 2.70. The van der Waals surface area contributed by atoms with E-state index in [1.165, 1.54) is 24.6 Å². The largest absolute Gasteiger partial charge is 0.468 e. The Morgan fingerprint density at radius 2 is 1.81 bits per heavy atom. The van der Waals surface area contributed by atoms with E-state index in [0.29, 0.717) is 13.0 Å². The summed E-state index contributed by atoms with van der Waals surface area (Å²) in [6.07, 6.45) is 5.81. The smallest absolute Gasteiger partial charge is 0.224 e. The van der Waals surface area contributed by atoms with Gasteiger partial charge in [-0.1, -0.05) is 48.9 Å². The number of piperidine rings is 1. The third kappa shape index (κ3) is 4.22. The minimum absolute atomic E-state index is 0.0555. The highest BCUT2D eigenvalue weighted by Gasteiger charge is 2.24. The van der Waals surface area contributed by atoms with Crippen molar-refractivity contribution in [2.24, 2.45) is 0 Å². The van der Waals surface area contributed by atoms with Crippen LogP contribution in [0.5, 0.6) is 0 Å². The second-order valence-corrected chi connectivity index (χ2v) is 7.25. The molecule has 0 radical (unpaired) electrons. The Morgan fingerprint density at radius 1 is 1.00 bits per heavy atom. The highest BCUT2D eigenvalue weighted by atomic mass is 16.3. The molecule has 1 fully saturated rings. The maximum Gasteiger partial charge on any atom is 0.224 e. The van der Waals surface area contributed by atoms with Gasteiger partial charge in [-0.3, -0.25) is 9.69 Å². The van der Waals surface area contributed by atoms with E-state index < -0.39 is 0 Å². The van der Waals surface area contributed by atoms with Gasteiger partial charge in [0.1, 0.15) is 5.76 Å². The van der Waals surface area contributed by atoms with Crippen molar-refractivity contribution in [3.8, 4) is 0 Å². The summed E-state index contributed by atoms with van der Waals surface area (Å²) >= 11 is 0. The second-order valence-electron chi connectivity index (χ2n) is 7.25. The summed E-state index contributed by atoms with van der Waals surface area (Å²) in [5.41, 5.74) is 1.07. The zero-order valence-corrected chi connectivity index (χ0v) is 15.6. The monoisotopic (exact) mass is 362 g/mol. The number of nitrogens with one attached hydrogen (secondary N) is 1. The van der Waals surface area contributed by atoms with E-state index in [1.807, 2.05) is 36.4 Å². The minimum atomic E-state index is 0.0555. The highest BCUT2D eigenvalue weighted by Crippen LogP contribution is 2.25. The molecule has 1 atom stereocenters. The molecule has 1 aliphatic heterocycles. The summed E-state index contributed by atoms with van der Waals surface area (Å²) in [6, 6.07) is 18.4. The molecule has 1 aliphatic rings. The fraction of sp³-hybridized carbons (Fsp3) is 0.348. The van der Waals surface area contributed by atoms with Crippen LogP contribution in [-0.4, -0.2) is 30.4 Å². The van der Waals surface area contributed by atoms with Crippen molar-refractivity contribution in [2.75, 3.05) is 19.6 Å². The van der Waals surface area contributed by atoms with E-state index in [-0.39, 0.29) is 11.9 Å². The van der Waals surface area contributed by atoms with Crippen molar-refractivity contribution >= 4 is 16.7 Å². The van der Waals surface area contributed by atoms with Gasteiger partial charge in [0.2, 0.25) is 5.91 Å². The molecule has 4 rings (SSSR count). The number of fused-ring (bicyclic) bond motifs is 1. The molecular formula is C23H26N2O2. The number of carbonyl (C=O) groups is 1. The molecule has 1 saturated heterocycles. The van der Waals surface area contributed by atoms with Crippen LogP contribution in [0.25, 0.3) is 10.8 Å². The van der Waals surface area contributed by atoms with Crippen molar-refractivity contribution in [1.82, 2.24) is 10.2 Å². The van der Waals surface area contributed by atoms with Crippen LogP contribution in [0.3, 0.4) is 0 Å². The number of amides is 1. The Bertz CT molecular complexity index is 877. The lowest BCUT2D eigenvalue weighted by atomic mass is 10.0. The predicted molar refractivity (Wildman–Crippen MR) is 108 cm³/mol. The van der Waals surface area contributed by atoms with Crippen LogP contribution >= 0.6 is 0 Å². The van der Waals surface area contributed by atoms with E-state index in [2.05, 4.69) is 28.4 Å². The molecule has 3 aromatic rings. The average molecular weight is 362 g/mol. The molecule has 4 heteroatoms. The molecule has 0 spiro atoms. The highest BCUT2D eigenvalue weighted by molar-refractivity contribution is 5.90. The van der Waals surface area contributed by atoms with Gasteiger partial charge < -0.3 is 9.73 Å². The number of furan rings is 1. The lowest BCUT2D eigenvalue weighted by molar-refractivity contribution is -0.120. The SMILES string of the molecule is O=C(Cc1cccc2ccccc12)NCC(c1ccco1)N1CCCCC1. The molecule has 27 heavy (non-hydrogen) atoms. The average Bonchev–Trinajstić information content (AvgIpc) is 3.24. The van der Waals surface area contributed by atoms with Gasteiger partial charge >= 0.3 is 0 Å². The van der Waals surface area contributed by atoms with E-state index in [4.69, 9.17) is 4.42 Å². The first-order valence-corrected chi connectivity index (χ1v) is 9.82. The van der Waals surface area contributed by atoms with E-state index in [1.54, 1.807) is 6.26 Å². The van der Waals surface area contributed by atoms with E-state index in [9.17, 15) is 4.79 Å². The number of hydrogen-bond acceptors (Lipinski definition) is 3. The maximum atomic E-state index is 12.7. The van der Waals surface area contributed by atoms with Gasteiger partial charge in [0.05, 0.1) is 18.7 Å². The molecule has 1 aromatic heterocycles. The Labute approximate surface area is 160 Å². The Kier molecular flexibility index (Phi) is 5.54. The molecule has 0 aliphatic carbocycles. The Morgan fingerprint density at radius 3 is 2.63 bits per heavy atom. The normalized spacial score (nSPS) is 16.3. The van der Waals surface area contributed by atoms with Crippen molar-refractivity contribution in [3.05, 3.63) is 72.2 Å². The van der Waals surface area contributed by atoms with Gasteiger partial charge in [0.15, 0.2) is 0 Å². The van der Waals surface area contributed by atoms with E-state index >= 15 is 0 Å². The molecule has 2 aromatic carbocycles. The predicted octanol–water partition coefficient (Wildman–Crippen LogP) is 4.32. The molecule has 2 heterocycles. The number of hydrogen-bond donors (Lipinski definition) is 1. The van der Waals surface area contributed by atoms with Crippen LogP contribution in [0, 0.1) is 0 Å². The Hall–Kier alpha value is -2.59. The van der Waals surface area contributed by atoms with Crippen molar-refractivity contribution in [3.63, 3.8) is 0 Å². The van der Waals surface area contributed by atoms with Gasteiger partial charge in [-0.05, 0) is 54.4 Å². The summed E-state index contributed by atoms with van der Waals surface area (Å²) in [7, 11) is 0. The van der Waals surface area contributed by atoms with Crippen LogP contribution in [0.15, 0.2) is 65.3 Å². The zero-order chi connectivity index (χ0) is 18.5.